The summed E-state index contributed by atoms with van der Waals surface area (Å²) in [6.45, 7) is 1.40. The highest BCUT2D eigenvalue weighted by molar-refractivity contribution is 7.91. The average molecular weight is 243 g/mol. The molecule has 0 amide bonds. The Hall–Kier alpha value is -1.43. The summed E-state index contributed by atoms with van der Waals surface area (Å²) in [6, 6.07) is 7.13. The van der Waals surface area contributed by atoms with Gasteiger partial charge in [-0.25, -0.2) is 8.42 Å². The fourth-order valence-corrected chi connectivity index (χ4v) is 2.64. The van der Waals surface area contributed by atoms with Gasteiger partial charge in [-0.3, -0.25) is 10.1 Å². The van der Waals surface area contributed by atoms with E-state index in [0.717, 1.165) is 0 Å². The van der Waals surface area contributed by atoms with E-state index in [1.54, 1.807) is 18.2 Å². The number of nitrogens with zero attached hydrogens (tertiary/aromatic N) is 1. The average Bonchev–Trinajstić information content (AvgIpc) is 2.27. The first kappa shape index (κ1) is 12.6. The largest absolute Gasteiger partial charge is 0.264 e. The van der Waals surface area contributed by atoms with Gasteiger partial charge in [-0.15, -0.1) is 0 Å². The predicted octanol–water partition coefficient (Wildman–Crippen LogP) is 1.52. The minimum atomic E-state index is -3.39. The van der Waals surface area contributed by atoms with Gasteiger partial charge in [0.15, 0.2) is 9.84 Å². The van der Waals surface area contributed by atoms with Crippen molar-refractivity contribution in [3.05, 3.63) is 40.4 Å². The topological polar surface area (TPSA) is 77.3 Å². The van der Waals surface area contributed by atoms with Gasteiger partial charge < -0.3 is 0 Å². The van der Waals surface area contributed by atoms with Crippen LogP contribution in [0.15, 0.2) is 35.2 Å². The Bertz CT molecular complexity index is 455. The number of sulfone groups is 1. The minimum absolute atomic E-state index is 0.0320. The van der Waals surface area contributed by atoms with Crippen LogP contribution in [0.1, 0.15) is 13.3 Å². The third-order valence-corrected chi connectivity index (χ3v) is 4.03. The van der Waals surface area contributed by atoms with Crippen molar-refractivity contribution in [1.82, 2.24) is 0 Å². The van der Waals surface area contributed by atoms with Crippen molar-refractivity contribution in [2.24, 2.45) is 0 Å². The first-order valence-corrected chi connectivity index (χ1v) is 6.50. The second kappa shape index (κ2) is 5.07. The van der Waals surface area contributed by atoms with Gasteiger partial charge in [0.2, 0.25) is 6.04 Å². The lowest BCUT2D eigenvalue weighted by Crippen LogP contribution is -2.19. The molecule has 0 aliphatic heterocycles. The molecule has 6 heteroatoms. The summed E-state index contributed by atoms with van der Waals surface area (Å²) in [4.78, 5) is 10.1. The molecule has 88 valence electrons. The van der Waals surface area contributed by atoms with Crippen molar-refractivity contribution >= 4 is 9.84 Å². The van der Waals surface area contributed by atoms with Crippen LogP contribution < -0.4 is 0 Å². The van der Waals surface area contributed by atoms with Crippen molar-refractivity contribution in [1.29, 1.82) is 0 Å². The molecular weight excluding hydrogens is 230 g/mol. The molecule has 0 radical (unpaired) electrons. The molecule has 0 saturated carbocycles. The molecule has 0 aromatic heterocycles. The number of nitro groups is 1. The zero-order valence-electron chi connectivity index (χ0n) is 8.87. The van der Waals surface area contributed by atoms with Gasteiger partial charge in [0, 0.05) is 18.3 Å². The maximum atomic E-state index is 11.7. The second-order valence-electron chi connectivity index (χ2n) is 3.55. The van der Waals surface area contributed by atoms with Crippen molar-refractivity contribution in [3.63, 3.8) is 0 Å². The molecule has 0 saturated heterocycles. The maximum absolute atomic E-state index is 11.7. The Morgan fingerprint density at radius 3 is 2.38 bits per heavy atom. The molecule has 0 spiro atoms. The van der Waals surface area contributed by atoms with E-state index < -0.39 is 20.8 Å². The SMILES string of the molecule is CC(CCS(=O)(=O)c1ccccc1)[N+](=O)[O-]. The second-order valence-corrected chi connectivity index (χ2v) is 5.66. The highest BCUT2D eigenvalue weighted by Gasteiger charge is 2.20. The summed E-state index contributed by atoms with van der Waals surface area (Å²) >= 11 is 0. The minimum Gasteiger partial charge on any atom is -0.264 e. The summed E-state index contributed by atoms with van der Waals surface area (Å²) in [5.41, 5.74) is 0. The lowest BCUT2D eigenvalue weighted by Gasteiger charge is -2.05. The van der Waals surface area contributed by atoms with Gasteiger partial charge in [-0.05, 0) is 12.1 Å². The number of hydrogen-bond acceptors (Lipinski definition) is 4. The number of rotatable bonds is 5. The van der Waals surface area contributed by atoms with Gasteiger partial charge in [0.1, 0.15) is 0 Å². The summed E-state index contributed by atoms with van der Waals surface area (Å²) in [5.74, 6) is -0.195. The Kier molecular flexibility index (Phi) is 4.00. The monoisotopic (exact) mass is 243 g/mol. The summed E-state index contributed by atoms with van der Waals surface area (Å²) in [5, 5.41) is 10.4. The summed E-state index contributed by atoms with van der Waals surface area (Å²) in [7, 11) is -3.39. The molecule has 1 atom stereocenters. The fourth-order valence-electron chi connectivity index (χ4n) is 1.18. The van der Waals surface area contributed by atoms with E-state index in [0.29, 0.717) is 0 Å². The summed E-state index contributed by atoms with van der Waals surface area (Å²) < 4.78 is 23.5. The molecule has 5 nitrogen and oxygen atoms in total. The Morgan fingerprint density at radius 1 is 1.31 bits per heavy atom. The number of benzene rings is 1. The van der Waals surface area contributed by atoms with E-state index in [4.69, 9.17) is 0 Å². The van der Waals surface area contributed by atoms with Crippen molar-refractivity contribution in [2.45, 2.75) is 24.3 Å². The molecule has 0 aliphatic rings. The van der Waals surface area contributed by atoms with Crippen molar-refractivity contribution < 1.29 is 13.3 Å². The van der Waals surface area contributed by atoms with Gasteiger partial charge in [-0.2, -0.15) is 0 Å². The molecule has 1 unspecified atom stereocenters. The lowest BCUT2D eigenvalue weighted by molar-refractivity contribution is -0.518. The van der Waals surface area contributed by atoms with Crippen LogP contribution in [0.2, 0.25) is 0 Å². The molecule has 0 aliphatic carbocycles. The standard InChI is InChI=1S/C10H13NO4S/c1-9(11(12)13)7-8-16(14,15)10-5-3-2-4-6-10/h2-6,9H,7-8H2,1H3. The van der Waals surface area contributed by atoms with Crippen LogP contribution in [-0.4, -0.2) is 25.1 Å². The van der Waals surface area contributed by atoms with E-state index >= 15 is 0 Å². The Morgan fingerprint density at radius 2 is 1.88 bits per heavy atom. The van der Waals surface area contributed by atoms with Crippen LogP contribution in [0.3, 0.4) is 0 Å². The van der Waals surface area contributed by atoms with Crippen LogP contribution in [0.5, 0.6) is 0 Å². The van der Waals surface area contributed by atoms with Gasteiger partial charge >= 0.3 is 0 Å². The predicted molar refractivity (Wildman–Crippen MR) is 59.6 cm³/mol. The van der Waals surface area contributed by atoms with E-state index in [-0.39, 0.29) is 17.1 Å². The van der Waals surface area contributed by atoms with Gasteiger partial charge in [-0.1, -0.05) is 18.2 Å². The molecule has 0 N–H and O–H groups in total. The summed E-state index contributed by atoms with van der Waals surface area (Å²) in [6.07, 6.45) is 0.0320. The van der Waals surface area contributed by atoms with Gasteiger partial charge in [0.25, 0.3) is 0 Å². The Labute approximate surface area is 94.2 Å². The zero-order valence-corrected chi connectivity index (χ0v) is 9.68. The lowest BCUT2D eigenvalue weighted by atomic mass is 10.3. The molecule has 0 fully saturated rings. The Balaban J connectivity index is 2.71. The zero-order chi connectivity index (χ0) is 12.2. The first-order chi connectivity index (χ1) is 7.43. The van der Waals surface area contributed by atoms with Crippen molar-refractivity contribution in [3.8, 4) is 0 Å². The molecule has 1 aromatic carbocycles. The van der Waals surface area contributed by atoms with Gasteiger partial charge in [0.05, 0.1) is 10.6 Å². The highest BCUT2D eigenvalue weighted by Crippen LogP contribution is 2.12. The maximum Gasteiger partial charge on any atom is 0.211 e. The van der Waals surface area contributed by atoms with E-state index in [1.807, 2.05) is 0 Å². The fraction of sp³-hybridized carbons (Fsp3) is 0.400. The van der Waals surface area contributed by atoms with E-state index in [9.17, 15) is 18.5 Å². The molecule has 1 aromatic rings. The number of hydrogen-bond donors (Lipinski definition) is 0. The first-order valence-electron chi connectivity index (χ1n) is 4.85. The van der Waals surface area contributed by atoms with E-state index in [2.05, 4.69) is 0 Å². The van der Waals surface area contributed by atoms with Crippen molar-refractivity contribution in [2.75, 3.05) is 5.75 Å². The quantitative estimate of drug-likeness (QED) is 0.580. The highest BCUT2D eigenvalue weighted by atomic mass is 32.2. The molecule has 0 heterocycles. The third kappa shape index (κ3) is 3.30. The third-order valence-electron chi connectivity index (χ3n) is 2.27. The smallest absolute Gasteiger partial charge is 0.211 e. The molecule has 0 bridgehead atoms. The normalized spacial score (nSPS) is 13.3. The van der Waals surface area contributed by atoms with Crippen LogP contribution in [-0.2, 0) is 9.84 Å². The molecular formula is C10H13NO4S. The molecule has 16 heavy (non-hydrogen) atoms. The molecule has 1 rings (SSSR count). The van der Waals surface area contributed by atoms with Crippen LogP contribution in [0, 0.1) is 10.1 Å². The van der Waals surface area contributed by atoms with E-state index in [1.165, 1.54) is 19.1 Å². The van der Waals surface area contributed by atoms with Crippen LogP contribution in [0.25, 0.3) is 0 Å². The van der Waals surface area contributed by atoms with Crippen LogP contribution in [0.4, 0.5) is 0 Å². The van der Waals surface area contributed by atoms with Crippen LogP contribution >= 0.6 is 0 Å².